The third-order valence-corrected chi connectivity index (χ3v) is 2.66. The summed E-state index contributed by atoms with van der Waals surface area (Å²) in [5.74, 6) is 0.732. The highest BCUT2D eigenvalue weighted by Gasteiger charge is 2.15. The lowest BCUT2D eigenvalue weighted by Gasteiger charge is -2.19. The summed E-state index contributed by atoms with van der Waals surface area (Å²) >= 11 is 0. The zero-order valence-corrected chi connectivity index (χ0v) is 9.95. The van der Waals surface area contributed by atoms with Gasteiger partial charge in [0.15, 0.2) is 0 Å². The van der Waals surface area contributed by atoms with Crippen LogP contribution in [0.4, 0.5) is 0 Å². The van der Waals surface area contributed by atoms with Crippen molar-refractivity contribution in [1.82, 2.24) is 20.7 Å². The molecule has 0 spiro atoms. The lowest BCUT2D eigenvalue weighted by atomic mass is 9.96. The van der Waals surface area contributed by atoms with Crippen LogP contribution in [0.3, 0.4) is 0 Å². The Labute approximate surface area is 91.9 Å². The van der Waals surface area contributed by atoms with Crippen molar-refractivity contribution in [2.24, 2.45) is 5.92 Å². The Morgan fingerprint density at radius 2 is 2.27 bits per heavy atom. The second-order valence-corrected chi connectivity index (χ2v) is 4.13. The van der Waals surface area contributed by atoms with E-state index in [4.69, 9.17) is 0 Å². The third-order valence-electron chi connectivity index (χ3n) is 2.66. The van der Waals surface area contributed by atoms with E-state index in [9.17, 15) is 0 Å². The third kappa shape index (κ3) is 4.00. The normalized spacial score (nSPS) is 15.1. The van der Waals surface area contributed by atoms with Gasteiger partial charge in [-0.3, -0.25) is 0 Å². The van der Waals surface area contributed by atoms with Crippen LogP contribution < -0.4 is 5.32 Å². The average Bonchev–Trinajstić information content (AvgIpc) is 2.70. The molecule has 4 heteroatoms. The number of nitrogens with zero attached hydrogens (tertiary/aromatic N) is 2. The Balaban J connectivity index is 2.51. The molecule has 1 aromatic heterocycles. The molecular weight excluding hydrogens is 188 g/mol. The molecule has 0 aliphatic rings. The van der Waals surface area contributed by atoms with Gasteiger partial charge in [0.1, 0.15) is 0 Å². The molecule has 15 heavy (non-hydrogen) atoms. The van der Waals surface area contributed by atoms with Gasteiger partial charge >= 0.3 is 0 Å². The van der Waals surface area contributed by atoms with Gasteiger partial charge in [0.05, 0.1) is 17.9 Å². The van der Waals surface area contributed by atoms with Crippen molar-refractivity contribution in [3.63, 3.8) is 0 Å². The summed E-state index contributed by atoms with van der Waals surface area (Å²) in [6, 6.07) is 0.343. The smallest absolute Gasteiger partial charge is 0.0993 e. The van der Waals surface area contributed by atoms with Crippen LogP contribution in [0.2, 0.25) is 0 Å². The molecule has 0 aliphatic carbocycles. The minimum absolute atomic E-state index is 0.343. The maximum absolute atomic E-state index is 4.15. The second kappa shape index (κ2) is 6.56. The Kier molecular flexibility index (Phi) is 5.32. The predicted molar refractivity (Wildman–Crippen MR) is 61.5 cm³/mol. The van der Waals surface area contributed by atoms with Gasteiger partial charge in [-0.2, -0.15) is 15.4 Å². The van der Waals surface area contributed by atoms with E-state index in [2.05, 4.69) is 41.5 Å². The SMILES string of the molecule is CCCC(C)CC(NCC)c1cn[nH]n1. The van der Waals surface area contributed by atoms with Crippen LogP contribution in [0, 0.1) is 5.92 Å². The summed E-state index contributed by atoms with van der Waals surface area (Å²) in [7, 11) is 0. The molecular formula is C11H22N4. The lowest BCUT2D eigenvalue weighted by Crippen LogP contribution is -2.23. The number of hydrogen-bond donors (Lipinski definition) is 2. The molecule has 2 unspecified atom stereocenters. The topological polar surface area (TPSA) is 53.6 Å². The zero-order valence-electron chi connectivity index (χ0n) is 9.95. The quantitative estimate of drug-likeness (QED) is 0.726. The van der Waals surface area contributed by atoms with Crippen LogP contribution in [-0.4, -0.2) is 22.0 Å². The van der Waals surface area contributed by atoms with E-state index >= 15 is 0 Å². The zero-order chi connectivity index (χ0) is 11.1. The fourth-order valence-corrected chi connectivity index (χ4v) is 1.95. The number of rotatable bonds is 7. The highest BCUT2D eigenvalue weighted by molar-refractivity contribution is 4.99. The molecule has 2 atom stereocenters. The Morgan fingerprint density at radius 1 is 1.47 bits per heavy atom. The van der Waals surface area contributed by atoms with Gasteiger partial charge in [-0.1, -0.05) is 33.6 Å². The summed E-state index contributed by atoms with van der Waals surface area (Å²) in [6.07, 6.45) is 5.47. The highest BCUT2D eigenvalue weighted by Crippen LogP contribution is 2.21. The number of hydrogen-bond acceptors (Lipinski definition) is 3. The van der Waals surface area contributed by atoms with Crippen LogP contribution >= 0.6 is 0 Å². The molecule has 1 rings (SSSR count). The second-order valence-electron chi connectivity index (χ2n) is 4.13. The summed E-state index contributed by atoms with van der Waals surface area (Å²) < 4.78 is 0. The fraction of sp³-hybridized carbons (Fsp3) is 0.818. The minimum atomic E-state index is 0.343. The molecule has 2 N–H and O–H groups in total. The Morgan fingerprint density at radius 3 is 2.80 bits per heavy atom. The maximum atomic E-state index is 4.15. The largest absolute Gasteiger partial charge is 0.309 e. The van der Waals surface area contributed by atoms with E-state index in [1.165, 1.54) is 12.8 Å². The summed E-state index contributed by atoms with van der Waals surface area (Å²) in [5, 5.41) is 14.1. The number of aromatic nitrogens is 3. The van der Waals surface area contributed by atoms with Gasteiger partial charge in [0.25, 0.3) is 0 Å². The highest BCUT2D eigenvalue weighted by atomic mass is 15.3. The van der Waals surface area contributed by atoms with Gasteiger partial charge in [-0.05, 0) is 18.9 Å². The van der Waals surface area contributed by atoms with E-state index in [0.717, 1.165) is 24.6 Å². The van der Waals surface area contributed by atoms with Crippen LogP contribution in [0.25, 0.3) is 0 Å². The standard InChI is InChI=1S/C11H22N4/c1-4-6-9(3)7-10(12-5-2)11-8-13-15-14-11/h8-10,12H,4-7H2,1-3H3,(H,13,14,15). The van der Waals surface area contributed by atoms with Crippen LogP contribution in [0.5, 0.6) is 0 Å². The average molecular weight is 210 g/mol. The van der Waals surface area contributed by atoms with Crippen molar-refractivity contribution in [2.75, 3.05) is 6.54 Å². The first-order valence-electron chi connectivity index (χ1n) is 5.86. The Hall–Kier alpha value is -0.900. The summed E-state index contributed by atoms with van der Waals surface area (Å²) in [6.45, 7) is 7.62. The fourth-order valence-electron chi connectivity index (χ4n) is 1.95. The Bertz CT molecular complexity index is 245. The van der Waals surface area contributed by atoms with Gasteiger partial charge in [0, 0.05) is 0 Å². The molecule has 4 nitrogen and oxygen atoms in total. The van der Waals surface area contributed by atoms with E-state index in [1.807, 2.05) is 6.20 Å². The first kappa shape index (κ1) is 12.2. The molecule has 0 aromatic carbocycles. The molecule has 86 valence electrons. The van der Waals surface area contributed by atoms with Crippen LogP contribution in [-0.2, 0) is 0 Å². The molecule has 0 saturated heterocycles. The predicted octanol–water partition coefficient (Wildman–Crippen LogP) is 2.28. The number of aromatic amines is 1. The molecule has 0 bridgehead atoms. The number of H-pyrrole nitrogens is 1. The van der Waals surface area contributed by atoms with Gasteiger partial charge in [0.2, 0.25) is 0 Å². The first-order valence-corrected chi connectivity index (χ1v) is 5.86. The van der Waals surface area contributed by atoms with Crippen molar-refractivity contribution in [2.45, 2.75) is 46.1 Å². The molecule has 0 amide bonds. The van der Waals surface area contributed by atoms with Crippen molar-refractivity contribution in [3.8, 4) is 0 Å². The lowest BCUT2D eigenvalue weighted by molar-refractivity contribution is 0.389. The van der Waals surface area contributed by atoms with Gasteiger partial charge in [-0.25, -0.2) is 0 Å². The molecule has 1 heterocycles. The monoisotopic (exact) mass is 210 g/mol. The van der Waals surface area contributed by atoms with E-state index < -0.39 is 0 Å². The molecule has 0 fully saturated rings. The molecule has 1 aromatic rings. The molecule has 0 radical (unpaired) electrons. The van der Waals surface area contributed by atoms with Crippen LogP contribution in [0.1, 0.15) is 51.8 Å². The van der Waals surface area contributed by atoms with E-state index in [-0.39, 0.29) is 0 Å². The summed E-state index contributed by atoms with van der Waals surface area (Å²) in [4.78, 5) is 0. The van der Waals surface area contributed by atoms with Crippen molar-refractivity contribution in [1.29, 1.82) is 0 Å². The first-order chi connectivity index (χ1) is 7.27. The van der Waals surface area contributed by atoms with Crippen molar-refractivity contribution < 1.29 is 0 Å². The summed E-state index contributed by atoms with van der Waals surface area (Å²) in [5.41, 5.74) is 1.03. The van der Waals surface area contributed by atoms with E-state index in [1.54, 1.807) is 0 Å². The van der Waals surface area contributed by atoms with E-state index in [0.29, 0.717) is 6.04 Å². The van der Waals surface area contributed by atoms with Crippen molar-refractivity contribution >= 4 is 0 Å². The minimum Gasteiger partial charge on any atom is -0.309 e. The molecule has 0 saturated carbocycles. The maximum Gasteiger partial charge on any atom is 0.0993 e. The van der Waals surface area contributed by atoms with Crippen molar-refractivity contribution in [3.05, 3.63) is 11.9 Å². The molecule has 0 aliphatic heterocycles. The van der Waals surface area contributed by atoms with Crippen LogP contribution in [0.15, 0.2) is 6.20 Å². The number of nitrogens with one attached hydrogen (secondary N) is 2. The van der Waals surface area contributed by atoms with Gasteiger partial charge < -0.3 is 5.32 Å². The van der Waals surface area contributed by atoms with Gasteiger partial charge in [-0.15, -0.1) is 0 Å².